The molecule has 0 bridgehead atoms. The second-order valence-electron chi connectivity index (χ2n) is 5.07. The Morgan fingerprint density at radius 2 is 2.05 bits per heavy atom. The highest BCUT2D eigenvalue weighted by Crippen LogP contribution is 2.25. The lowest BCUT2D eigenvalue weighted by Crippen LogP contribution is -2.59. The zero-order valence-electron chi connectivity index (χ0n) is 13.3. The van der Waals surface area contributed by atoms with Gasteiger partial charge in [0.05, 0.1) is 26.3 Å². The Morgan fingerprint density at radius 3 is 2.57 bits per heavy atom. The summed E-state index contributed by atoms with van der Waals surface area (Å²) in [6.07, 6.45) is 2.89. The van der Waals surface area contributed by atoms with Crippen LogP contribution in [-0.4, -0.2) is 62.8 Å². The number of hydrogen-bond acceptors (Lipinski definition) is 6. The van der Waals surface area contributed by atoms with Gasteiger partial charge in [-0.05, 0) is 32.7 Å². The van der Waals surface area contributed by atoms with E-state index in [1.807, 2.05) is 6.92 Å². The van der Waals surface area contributed by atoms with Gasteiger partial charge in [0.2, 0.25) is 5.91 Å². The van der Waals surface area contributed by atoms with Gasteiger partial charge in [-0.2, -0.15) is 0 Å². The molecule has 0 aliphatic carbocycles. The number of carbonyl (C=O) groups is 2. The molecule has 1 unspecified atom stereocenters. The summed E-state index contributed by atoms with van der Waals surface area (Å²) in [5.74, 6) is -0.476. The number of amides is 1. The van der Waals surface area contributed by atoms with Gasteiger partial charge in [-0.3, -0.25) is 4.79 Å². The van der Waals surface area contributed by atoms with E-state index in [1.54, 1.807) is 11.9 Å². The molecule has 0 radical (unpaired) electrons. The van der Waals surface area contributed by atoms with Crippen LogP contribution >= 0.6 is 0 Å². The number of ether oxygens (including phenoxy) is 1. The predicted octanol–water partition coefficient (Wildman–Crippen LogP) is 0.485. The molecule has 1 N–H and O–H groups in total. The van der Waals surface area contributed by atoms with Crippen molar-refractivity contribution in [2.45, 2.75) is 50.7 Å². The lowest BCUT2D eigenvalue weighted by Gasteiger charge is -2.41. The zero-order chi connectivity index (χ0) is 15.8. The average Bonchev–Trinajstić information content (AvgIpc) is 2.52. The van der Waals surface area contributed by atoms with Crippen molar-refractivity contribution in [3.05, 3.63) is 0 Å². The van der Waals surface area contributed by atoms with Gasteiger partial charge in [0.25, 0.3) is 0 Å². The third-order valence-corrected chi connectivity index (χ3v) is 3.90. The lowest BCUT2D eigenvalue weighted by molar-refractivity contribution is -0.281. The number of hydrogen-bond donors (Lipinski definition) is 1. The van der Waals surface area contributed by atoms with Crippen LogP contribution in [0.1, 0.15) is 32.6 Å². The monoisotopic (exact) mass is 302 g/mol. The number of nitrogens with zero attached hydrogens (tertiary/aromatic N) is 1. The maximum absolute atomic E-state index is 12.7. The molecule has 122 valence electrons. The molecule has 7 heteroatoms. The normalized spacial score (nSPS) is 23.7. The van der Waals surface area contributed by atoms with E-state index in [2.05, 4.69) is 10.2 Å². The van der Waals surface area contributed by atoms with E-state index in [0.717, 1.165) is 12.8 Å². The molecule has 1 aliphatic heterocycles. The molecule has 7 nitrogen and oxygen atoms in total. The Labute approximate surface area is 125 Å². The van der Waals surface area contributed by atoms with Crippen LogP contribution < -0.4 is 5.32 Å². The summed E-state index contributed by atoms with van der Waals surface area (Å²) in [4.78, 5) is 36.0. The number of nitrogens with one attached hydrogen (secondary N) is 1. The highest BCUT2D eigenvalue weighted by atomic mass is 17.2. The van der Waals surface area contributed by atoms with Crippen LogP contribution in [0.3, 0.4) is 0 Å². The molecule has 1 saturated heterocycles. The predicted molar refractivity (Wildman–Crippen MR) is 76.4 cm³/mol. The molecule has 0 aromatic rings. The van der Waals surface area contributed by atoms with Crippen molar-refractivity contribution in [3.8, 4) is 0 Å². The molecule has 1 heterocycles. The van der Waals surface area contributed by atoms with Gasteiger partial charge < -0.3 is 15.0 Å². The highest BCUT2D eigenvalue weighted by Gasteiger charge is 2.40. The SMILES string of the molecule is CC[C@H](NC)C(=O)N1C(COOC)CCC[C@H]1C(=O)OC. The Morgan fingerprint density at radius 1 is 1.33 bits per heavy atom. The number of likely N-dealkylation sites (N-methyl/N-ethyl adjacent to an activating group) is 1. The van der Waals surface area contributed by atoms with Crippen molar-refractivity contribution < 1.29 is 24.1 Å². The topological polar surface area (TPSA) is 77.1 Å². The minimum absolute atomic E-state index is 0.0974. The molecule has 0 aromatic carbocycles. The lowest BCUT2D eigenvalue weighted by atomic mass is 9.94. The number of likely N-dealkylation sites (tertiary alicyclic amines) is 1. The fraction of sp³-hybridized carbons (Fsp3) is 0.857. The summed E-state index contributed by atoms with van der Waals surface area (Å²) in [7, 11) is 4.51. The largest absolute Gasteiger partial charge is 0.467 e. The second kappa shape index (κ2) is 8.96. The number of methoxy groups -OCH3 is 1. The summed E-state index contributed by atoms with van der Waals surface area (Å²) in [6, 6.07) is -1.05. The van der Waals surface area contributed by atoms with E-state index >= 15 is 0 Å². The molecule has 3 atom stereocenters. The number of esters is 1. The Kier molecular flexibility index (Phi) is 7.63. The van der Waals surface area contributed by atoms with Crippen LogP contribution in [0.25, 0.3) is 0 Å². The maximum atomic E-state index is 12.7. The summed E-state index contributed by atoms with van der Waals surface area (Å²) in [5.41, 5.74) is 0. The van der Waals surface area contributed by atoms with Crippen molar-refractivity contribution in [3.63, 3.8) is 0 Å². The molecule has 0 aromatic heterocycles. The third kappa shape index (κ3) is 4.39. The van der Waals surface area contributed by atoms with Crippen molar-refractivity contribution in [1.82, 2.24) is 10.2 Å². The van der Waals surface area contributed by atoms with E-state index in [-0.39, 0.29) is 30.6 Å². The van der Waals surface area contributed by atoms with Gasteiger partial charge in [0, 0.05) is 0 Å². The molecule has 1 rings (SSSR count). The van der Waals surface area contributed by atoms with Gasteiger partial charge in [-0.15, -0.1) is 0 Å². The van der Waals surface area contributed by atoms with E-state index in [4.69, 9.17) is 9.62 Å². The first kappa shape index (κ1) is 17.9. The summed E-state index contributed by atoms with van der Waals surface area (Å²) in [5, 5.41) is 2.99. The molecule has 0 spiro atoms. The van der Waals surface area contributed by atoms with Crippen molar-refractivity contribution in [1.29, 1.82) is 0 Å². The molecule has 1 fully saturated rings. The van der Waals surface area contributed by atoms with Gasteiger partial charge in [-0.1, -0.05) is 6.92 Å². The van der Waals surface area contributed by atoms with E-state index in [1.165, 1.54) is 14.2 Å². The third-order valence-electron chi connectivity index (χ3n) is 3.90. The van der Waals surface area contributed by atoms with Gasteiger partial charge in [0.1, 0.15) is 12.6 Å². The molecule has 1 aliphatic rings. The molecule has 0 saturated carbocycles. The van der Waals surface area contributed by atoms with Crippen LogP contribution in [0.4, 0.5) is 0 Å². The smallest absolute Gasteiger partial charge is 0.328 e. The van der Waals surface area contributed by atoms with Crippen molar-refractivity contribution in [2.24, 2.45) is 0 Å². The number of rotatable bonds is 7. The van der Waals surface area contributed by atoms with Crippen LogP contribution in [0, 0.1) is 0 Å². The fourth-order valence-corrected chi connectivity index (χ4v) is 2.77. The Balaban J connectivity index is 2.97. The minimum Gasteiger partial charge on any atom is -0.467 e. The van der Waals surface area contributed by atoms with E-state index in [0.29, 0.717) is 12.8 Å². The molecule has 21 heavy (non-hydrogen) atoms. The van der Waals surface area contributed by atoms with Gasteiger partial charge in [0.15, 0.2) is 0 Å². The first-order chi connectivity index (χ1) is 10.1. The van der Waals surface area contributed by atoms with E-state index in [9.17, 15) is 9.59 Å². The van der Waals surface area contributed by atoms with Crippen LogP contribution in [0.15, 0.2) is 0 Å². The van der Waals surface area contributed by atoms with Crippen LogP contribution in [-0.2, 0) is 24.1 Å². The maximum Gasteiger partial charge on any atom is 0.328 e. The summed E-state index contributed by atoms with van der Waals surface area (Å²) >= 11 is 0. The van der Waals surface area contributed by atoms with Crippen molar-refractivity contribution in [2.75, 3.05) is 27.9 Å². The highest BCUT2D eigenvalue weighted by molar-refractivity contribution is 5.88. The number of piperidine rings is 1. The first-order valence-electron chi connectivity index (χ1n) is 7.33. The zero-order valence-corrected chi connectivity index (χ0v) is 13.3. The molecule has 1 amide bonds. The average molecular weight is 302 g/mol. The second-order valence-corrected chi connectivity index (χ2v) is 5.07. The molecular formula is C14H26N2O5. The standard InChI is InChI=1S/C14H26N2O5/c1-5-11(15-2)13(17)16-10(9-21-20-4)7-6-8-12(16)14(18)19-3/h10-12,15H,5-9H2,1-4H3/t10?,11-,12-/m0/s1. The number of carbonyl (C=O) groups excluding carboxylic acids is 2. The minimum atomic E-state index is -0.552. The first-order valence-corrected chi connectivity index (χ1v) is 7.33. The summed E-state index contributed by atoms with van der Waals surface area (Å²) in [6.45, 7) is 2.17. The molecular weight excluding hydrogens is 276 g/mol. The van der Waals surface area contributed by atoms with E-state index < -0.39 is 6.04 Å². The Bertz CT molecular complexity index is 346. The van der Waals surface area contributed by atoms with Gasteiger partial charge >= 0.3 is 5.97 Å². The van der Waals surface area contributed by atoms with Crippen LogP contribution in [0.5, 0.6) is 0 Å². The van der Waals surface area contributed by atoms with Crippen LogP contribution in [0.2, 0.25) is 0 Å². The summed E-state index contributed by atoms with van der Waals surface area (Å²) < 4.78 is 4.84. The quantitative estimate of drug-likeness (QED) is 0.419. The Hall–Kier alpha value is -1.18. The van der Waals surface area contributed by atoms with Crippen molar-refractivity contribution >= 4 is 11.9 Å². The fourth-order valence-electron chi connectivity index (χ4n) is 2.77. The van der Waals surface area contributed by atoms with Gasteiger partial charge in [-0.25, -0.2) is 14.6 Å².